The SMILES string of the molecule is C1=CC(C2=CCC(N(C3=CCCCC3)C3=CC=C(C4CCCCC4)CC3)C=C2)=CC(C2CCC(N(C3=CCCCC3)C3CCC(C4=CCCCC4)CC3)CC2)C1. The lowest BCUT2D eigenvalue weighted by Gasteiger charge is -2.48. The summed E-state index contributed by atoms with van der Waals surface area (Å²) in [6.45, 7) is 0. The van der Waals surface area contributed by atoms with E-state index in [0.29, 0.717) is 12.0 Å². The molecule has 0 N–H and O–H groups in total. The quantitative estimate of drug-likeness (QED) is 0.205. The molecule has 2 unspecified atom stereocenters. The van der Waals surface area contributed by atoms with Gasteiger partial charge in [0.15, 0.2) is 0 Å². The van der Waals surface area contributed by atoms with Crippen LogP contribution in [0.3, 0.4) is 0 Å². The maximum atomic E-state index is 3.07. The van der Waals surface area contributed by atoms with Gasteiger partial charge in [0.05, 0.1) is 6.04 Å². The highest BCUT2D eigenvalue weighted by Crippen LogP contribution is 2.44. The zero-order valence-corrected chi connectivity index (χ0v) is 35.3. The number of hydrogen-bond donors (Lipinski definition) is 0. The van der Waals surface area contributed by atoms with E-state index in [9.17, 15) is 0 Å². The molecule has 0 amide bonds. The van der Waals surface area contributed by atoms with E-state index in [2.05, 4.69) is 76.6 Å². The van der Waals surface area contributed by atoms with Gasteiger partial charge in [0, 0.05) is 29.2 Å². The molecule has 0 aliphatic heterocycles. The summed E-state index contributed by atoms with van der Waals surface area (Å²) in [5.41, 5.74) is 11.5. The number of hydrogen-bond acceptors (Lipinski definition) is 2. The molecule has 3 fully saturated rings. The maximum absolute atomic E-state index is 3.07. The molecule has 9 aliphatic carbocycles. The molecule has 0 heterocycles. The van der Waals surface area contributed by atoms with Crippen LogP contribution in [0.25, 0.3) is 0 Å². The molecule has 0 bridgehead atoms. The summed E-state index contributed by atoms with van der Waals surface area (Å²) in [4.78, 5) is 5.86. The normalized spacial score (nSPS) is 33.2. The number of allylic oxidation sites excluding steroid dienone is 16. The van der Waals surface area contributed by atoms with Crippen molar-refractivity contribution in [2.75, 3.05) is 0 Å². The zero-order chi connectivity index (χ0) is 37.5. The summed E-state index contributed by atoms with van der Waals surface area (Å²) in [5.74, 6) is 3.28. The molecule has 9 aliphatic rings. The van der Waals surface area contributed by atoms with Gasteiger partial charge in [-0.15, -0.1) is 0 Å². The Morgan fingerprint density at radius 3 is 1.80 bits per heavy atom. The maximum Gasteiger partial charge on any atom is 0.0553 e. The molecule has 0 saturated heterocycles. The zero-order valence-electron chi connectivity index (χ0n) is 35.3. The molecule has 3 saturated carbocycles. The van der Waals surface area contributed by atoms with Gasteiger partial charge in [-0.2, -0.15) is 0 Å². The van der Waals surface area contributed by atoms with Crippen molar-refractivity contribution in [1.82, 2.24) is 9.80 Å². The summed E-state index contributed by atoms with van der Waals surface area (Å²) in [5, 5.41) is 0. The fourth-order valence-electron chi connectivity index (χ4n) is 13.1. The molecule has 0 aromatic heterocycles. The van der Waals surface area contributed by atoms with E-state index in [0.717, 1.165) is 36.3 Å². The molecule has 9 rings (SSSR count). The summed E-state index contributed by atoms with van der Waals surface area (Å²) >= 11 is 0. The molecule has 2 heteroatoms. The van der Waals surface area contributed by atoms with Gasteiger partial charge < -0.3 is 9.80 Å². The molecular formula is C54H76N2. The summed E-state index contributed by atoms with van der Waals surface area (Å²) in [6.07, 6.45) is 67.9. The smallest absolute Gasteiger partial charge is 0.0553 e. The van der Waals surface area contributed by atoms with Gasteiger partial charge in [0.1, 0.15) is 0 Å². The van der Waals surface area contributed by atoms with E-state index < -0.39 is 0 Å². The summed E-state index contributed by atoms with van der Waals surface area (Å²) in [6, 6.07) is 2.00. The van der Waals surface area contributed by atoms with Crippen molar-refractivity contribution in [2.45, 2.75) is 204 Å². The van der Waals surface area contributed by atoms with Crippen LogP contribution in [0.5, 0.6) is 0 Å². The molecule has 302 valence electrons. The Balaban J connectivity index is 0.833. The van der Waals surface area contributed by atoms with Crippen molar-refractivity contribution in [3.05, 3.63) is 106 Å². The van der Waals surface area contributed by atoms with Crippen molar-refractivity contribution in [3.63, 3.8) is 0 Å². The minimum Gasteiger partial charge on any atom is -0.369 e. The third kappa shape index (κ3) is 9.10. The van der Waals surface area contributed by atoms with Crippen molar-refractivity contribution in [1.29, 1.82) is 0 Å². The van der Waals surface area contributed by atoms with Crippen LogP contribution in [0.2, 0.25) is 0 Å². The van der Waals surface area contributed by atoms with Gasteiger partial charge in [-0.3, -0.25) is 0 Å². The predicted octanol–water partition coefficient (Wildman–Crippen LogP) is 15.1. The topological polar surface area (TPSA) is 6.48 Å². The summed E-state index contributed by atoms with van der Waals surface area (Å²) in [7, 11) is 0. The Morgan fingerprint density at radius 1 is 0.464 bits per heavy atom. The first-order valence-electron chi connectivity index (χ1n) is 24.6. The molecule has 2 atom stereocenters. The highest BCUT2D eigenvalue weighted by Gasteiger charge is 2.37. The summed E-state index contributed by atoms with van der Waals surface area (Å²) < 4.78 is 0. The first-order chi connectivity index (χ1) is 27.8. The Kier molecular flexibility index (Phi) is 13.1. The molecule has 2 nitrogen and oxygen atoms in total. The lowest BCUT2D eigenvalue weighted by Crippen LogP contribution is -2.46. The molecule has 0 spiro atoms. The molecule has 0 radical (unpaired) electrons. The molecular weight excluding hydrogens is 677 g/mol. The van der Waals surface area contributed by atoms with Crippen LogP contribution in [0.1, 0.15) is 186 Å². The number of rotatable bonds is 10. The predicted molar refractivity (Wildman–Crippen MR) is 238 cm³/mol. The van der Waals surface area contributed by atoms with E-state index in [1.54, 1.807) is 22.7 Å². The van der Waals surface area contributed by atoms with E-state index in [-0.39, 0.29) is 0 Å². The third-order valence-electron chi connectivity index (χ3n) is 16.3. The third-order valence-corrected chi connectivity index (χ3v) is 16.3. The van der Waals surface area contributed by atoms with Gasteiger partial charge in [-0.1, -0.05) is 91.2 Å². The van der Waals surface area contributed by atoms with E-state index in [1.165, 1.54) is 191 Å². The molecule has 0 aromatic carbocycles. The number of nitrogens with zero attached hydrogens (tertiary/aromatic N) is 2. The lowest BCUT2D eigenvalue weighted by molar-refractivity contribution is 0.0851. The first-order valence-corrected chi connectivity index (χ1v) is 24.6. The fraction of sp³-hybridized carbons (Fsp3) is 0.667. The van der Waals surface area contributed by atoms with Gasteiger partial charge >= 0.3 is 0 Å². The minimum atomic E-state index is 0.444. The van der Waals surface area contributed by atoms with Crippen molar-refractivity contribution in [2.24, 2.45) is 23.7 Å². The highest BCUT2D eigenvalue weighted by molar-refractivity contribution is 5.50. The average Bonchev–Trinajstić information content (AvgIpc) is 3.29. The van der Waals surface area contributed by atoms with Crippen LogP contribution in [0.4, 0.5) is 0 Å². The minimum absolute atomic E-state index is 0.444. The van der Waals surface area contributed by atoms with Crippen LogP contribution in [0.15, 0.2) is 106 Å². The highest BCUT2D eigenvalue weighted by atomic mass is 15.2. The van der Waals surface area contributed by atoms with E-state index >= 15 is 0 Å². The average molecular weight is 753 g/mol. The van der Waals surface area contributed by atoms with Crippen LogP contribution in [0, 0.1) is 23.7 Å². The molecule has 0 aromatic rings. The second kappa shape index (κ2) is 18.9. The van der Waals surface area contributed by atoms with Crippen molar-refractivity contribution < 1.29 is 0 Å². The first kappa shape index (κ1) is 38.8. The van der Waals surface area contributed by atoms with E-state index in [1.807, 2.05) is 5.57 Å². The molecule has 56 heavy (non-hydrogen) atoms. The Morgan fingerprint density at radius 2 is 1.16 bits per heavy atom. The van der Waals surface area contributed by atoms with Crippen LogP contribution < -0.4 is 0 Å². The lowest BCUT2D eigenvalue weighted by atomic mass is 9.73. The van der Waals surface area contributed by atoms with Crippen molar-refractivity contribution >= 4 is 0 Å². The van der Waals surface area contributed by atoms with Gasteiger partial charge in [-0.05, 0) is 208 Å². The monoisotopic (exact) mass is 753 g/mol. The second-order valence-electron chi connectivity index (χ2n) is 19.7. The Hall–Kier alpha value is -2.74. The standard InChI is InChI=1S/C54H76N2/c1-5-14-41(15-6-1)43-24-32-51(33-25-43)55(49-20-9-3-10-21-49)53-36-28-45(29-37-53)47-18-13-19-48(40-47)46-30-38-54(39-31-46)56(50-22-11-4-12-23-50)52-34-26-44(27-35-52)42-16-7-2-8-17-42/h13-14,19-20,22,26,30-31,34,38,40,42-43,45,47,51,53-54H,1-12,15-18,21,23-25,27-29,32-33,35-37,39H2. The van der Waals surface area contributed by atoms with Crippen LogP contribution in [-0.4, -0.2) is 27.9 Å². The van der Waals surface area contributed by atoms with Gasteiger partial charge in [-0.25, -0.2) is 0 Å². The van der Waals surface area contributed by atoms with Gasteiger partial charge in [0.2, 0.25) is 0 Å². The second-order valence-corrected chi connectivity index (χ2v) is 19.7. The Labute approximate surface area is 342 Å². The van der Waals surface area contributed by atoms with Crippen molar-refractivity contribution in [3.8, 4) is 0 Å². The van der Waals surface area contributed by atoms with Gasteiger partial charge in [0.25, 0.3) is 0 Å². The Bertz CT molecular complexity index is 1630. The van der Waals surface area contributed by atoms with Crippen LogP contribution in [-0.2, 0) is 0 Å². The van der Waals surface area contributed by atoms with Crippen LogP contribution >= 0.6 is 0 Å². The fourth-order valence-corrected chi connectivity index (χ4v) is 13.1. The largest absolute Gasteiger partial charge is 0.369 e. The van der Waals surface area contributed by atoms with E-state index in [4.69, 9.17) is 0 Å².